The van der Waals surface area contributed by atoms with E-state index in [4.69, 9.17) is 4.74 Å². The molecule has 0 aromatic carbocycles. The molecule has 1 saturated carbocycles. The zero-order valence-electron chi connectivity index (χ0n) is 10.7. The summed E-state index contributed by atoms with van der Waals surface area (Å²) in [7, 11) is 1.50. The van der Waals surface area contributed by atoms with Gasteiger partial charge < -0.3 is 4.74 Å². The first-order chi connectivity index (χ1) is 8.74. The summed E-state index contributed by atoms with van der Waals surface area (Å²) in [4.78, 5) is 14.4. The summed E-state index contributed by atoms with van der Waals surface area (Å²) < 4.78 is 5.04. The van der Waals surface area contributed by atoms with Crippen molar-refractivity contribution in [3.8, 4) is 0 Å². The first kappa shape index (κ1) is 11.7. The van der Waals surface area contributed by atoms with E-state index < -0.39 is 0 Å². The van der Waals surface area contributed by atoms with E-state index in [9.17, 15) is 4.79 Å². The minimum absolute atomic E-state index is 0.0166. The van der Waals surface area contributed by atoms with Crippen molar-refractivity contribution in [2.24, 2.45) is 11.3 Å². The number of esters is 1. The Morgan fingerprint density at radius 3 is 3.33 bits per heavy atom. The number of aromatic nitrogens is 2. The molecule has 1 aromatic rings. The van der Waals surface area contributed by atoms with Crippen LogP contribution in [0.2, 0.25) is 0 Å². The van der Waals surface area contributed by atoms with Crippen molar-refractivity contribution in [3.05, 3.63) is 18.0 Å². The quantitative estimate of drug-likeness (QED) is 0.817. The van der Waals surface area contributed by atoms with Crippen LogP contribution in [0.3, 0.4) is 0 Å². The van der Waals surface area contributed by atoms with Gasteiger partial charge in [0.1, 0.15) is 0 Å². The Morgan fingerprint density at radius 2 is 2.61 bits per heavy atom. The number of hydrogen-bond acceptors (Lipinski definition) is 4. The van der Waals surface area contributed by atoms with Gasteiger partial charge in [-0.15, -0.1) is 0 Å². The third-order valence-corrected chi connectivity index (χ3v) is 4.49. The van der Waals surface area contributed by atoms with E-state index >= 15 is 0 Å². The van der Waals surface area contributed by atoms with Gasteiger partial charge in [-0.25, -0.2) is 0 Å². The van der Waals surface area contributed by atoms with Crippen molar-refractivity contribution < 1.29 is 9.53 Å². The second-order valence-corrected chi connectivity index (χ2v) is 5.49. The number of aromatic amines is 1. The maximum Gasteiger partial charge on any atom is 0.313 e. The molecule has 0 spiro atoms. The second-order valence-electron chi connectivity index (χ2n) is 5.49. The fraction of sp³-hybridized carbons (Fsp3) is 0.692. The van der Waals surface area contributed by atoms with Gasteiger partial charge in [0.05, 0.1) is 12.5 Å². The topological polar surface area (TPSA) is 58.2 Å². The average Bonchev–Trinajstić information content (AvgIpc) is 3.03. The summed E-state index contributed by atoms with van der Waals surface area (Å²) >= 11 is 0. The van der Waals surface area contributed by atoms with E-state index in [0.717, 1.165) is 44.6 Å². The summed E-state index contributed by atoms with van der Waals surface area (Å²) in [6.07, 6.45) is 5.04. The van der Waals surface area contributed by atoms with Crippen LogP contribution in [0.4, 0.5) is 0 Å². The molecule has 2 aliphatic rings. The summed E-state index contributed by atoms with van der Waals surface area (Å²) in [5.41, 5.74) is 0.865. The lowest BCUT2D eigenvalue weighted by molar-refractivity contribution is -0.153. The van der Waals surface area contributed by atoms with Gasteiger partial charge in [-0.3, -0.25) is 14.8 Å². The zero-order chi connectivity index (χ0) is 12.6. The number of carbonyl (C=O) groups excluding carboxylic acids is 1. The van der Waals surface area contributed by atoms with E-state index in [-0.39, 0.29) is 11.4 Å². The molecule has 5 nitrogen and oxygen atoms in total. The summed E-state index contributed by atoms with van der Waals surface area (Å²) in [6.45, 7) is 2.66. The Hall–Kier alpha value is -1.36. The van der Waals surface area contributed by atoms with E-state index in [1.54, 1.807) is 6.20 Å². The third kappa shape index (κ3) is 1.73. The molecule has 1 N–H and O–H groups in total. The number of ether oxygens (including phenoxy) is 1. The molecule has 2 atom stereocenters. The van der Waals surface area contributed by atoms with Crippen molar-refractivity contribution in [1.29, 1.82) is 0 Å². The molecule has 98 valence electrons. The molecule has 18 heavy (non-hydrogen) atoms. The van der Waals surface area contributed by atoms with Gasteiger partial charge in [0.15, 0.2) is 0 Å². The highest BCUT2D eigenvalue weighted by molar-refractivity contribution is 5.78. The number of likely N-dealkylation sites (tertiary alicyclic amines) is 1. The minimum Gasteiger partial charge on any atom is -0.469 e. The van der Waals surface area contributed by atoms with Gasteiger partial charge in [0.25, 0.3) is 0 Å². The number of rotatable bonds is 3. The maximum absolute atomic E-state index is 12.1. The van der Waals surface area contributed by atoms with Gasteiger partial charge in [0, 0.05) is 31.5 Å². The lowest BCUT2D eigenvalue weighted by Gasteiger charge is -2.25. The molecular formula is C13H19N3O2. The fourth-order valence-electron chi connectivity index (χ4n) is 3.66. The largest absolute Gasteiger partial charge is 0.469 e. The molecule has 1 aliphatic carbocycles. The van der Waals surface area contributed by atoms with Crippen molar-refractivity contribution in [1.82, 2.24) is 15.1 Å². The Balaban J connectivity index is 1.74. The van der Waals surface area contributed by atoms with E-state index in [2.05, 4.69) is 15.1 Å². The van der Waals surface area contributed by atoms with Crippen LogP contribution in [0.25, 0.3) is 0 Å². The second kappa shape index (κ2) is 4.39. The number of methoxy groups -OCH3 is 1. The Kier molecular flexibility index (Phi) is 2.86. The first-order valence-electron chi connectivity index (χ1n) is 6.53. The van der Waals surface area contributed by atoms with Gasteiger partial charge in [-0.1, -0.05) is 6.42 Å². The highest BCUT2D eigenvalue weighted by atomic mass is 16.5. The van der Waals surface area contributed by atoms with Crippen molar-refractivity contribution in [2.75, 3.05) is 20.2 Å². The van der Waals surface area contributed by atoms with E-state index in [1.165, 1.54) is 7.11 Å². The van der Waals surface area contributed by atoms with Crippen LogP contribution in [-0.2, 0) is 16.1 Å². The molecular weight excluding hydrogens is 230 g/mol. The molecule has 1 saturated heterocycles. The standard InChI is InChI=1S/C13H19N3O2/c1-18-12(17)13-5-2-3-10(13)7-16(9-13)8-11-4-6-14-15-11/h4,6,10H,2-3,5,7-9H2,1H3,(H,14,15)/t10-,13-/m0/s1. The normalized spacial score (nSPS) is 31.5. The van der Waals surface area contributed by atoms with Gasteiger partial charge in [-0.2, -0.15) is 5.10 Å². The number of H-pyrrole nitrogens is 1. The summed E-state index contributed by atoms with van der Waals surface area (Å²) in [6, 6.07) is 1.99. The molecule has 0 unspecified atom stereocenters. The predicted octanol–water partition coefficient (Wildman–Crippen LogP) is 1.18. The zero-order valence-corrected chi connectivity index (χ0v) is 10.7. The number of hydrogen-bond donors (Lipinski definition) is 1. The lowest BCUT2D eigenvalue weighted by Crippen LogP contribution is -2.36. The Labute approximate surface area is 107 Å². The van der Waals surface area contributed by atoms with Crippen molar-refractivity contribution in [3.63, 3.8) is 0 Å². The van der Waals surface area contributed by atoms with Crippen LogP contribution in [0, 0.1) is 11.3 Å². The number of nitrogens with one attached hydrogen (secondary N) is 1. The molecule has 0 amide bonds. The molecule has 2 fully saturated rings. The van der Waals surface area contributed by atoms with Crippen LogP contribution < -0.4 is 0 Å². The molecule has 2 heterocycles. The molecule has 1 aliphatic heterocycles. The maximum atomic E-state index is 12.1. The highest BCUT2D eigenvalue weighted by Crippen LogP contribution is 2.49. The molecule has 0 radical (unpaired) electrons. The SMILES string of the molecule is COC(=O)[C@]12CCC[C@H]1CN(Cc1ccn[nH]1)C2. The van der Waals surface area contributed by atoms with Crippen molar-refractivity contribution in [2.45, 2.75) is 25.8 Å². The predicted molar refractivity (Wildman–Crippen MR) is 65.7 cm³/mol. The fourth-order valence-corrected chi connectivity index (χ4v) is 3.66. The summed E-state index contributed by atoms with van der Waals surface area (Å²) in [5, 5.41) is 6.94. The van der Waals surface area contributed by atoms with Gasteiger partial charge in [0.2, 0.25) is 0 Å². The summed E-state index contributed by atoms with van der Waals surface area (Å²) in [5.74, 6) is 0.449. The average molecular weight is 249 g/mol. The lowest BCUT2D eigenvalue weighted by atomic mass is 9.81. The first-order valence-corrected chi connectivity index (χ1v) is 6.53. The number of nitrogens with zero attached hydrogens (tertiary/aromatic N) is 2. The Bertz CT molecular complexity index is 431. The molecule has 1 aromatic heterocycles. The van der Waals surface area contributed by atoms with Crippen LogP contribution in [0.5, 0.6) is 0 Å². The molecule has 0 bridgehead atoms. The number of fused-ring (bicyclic) bond motifs is 1. The monoisotopic (exact) mass is 249 g/mol. The van der Waals surface area contributed by atoms with E-state index in [1.807, 2.05) is 6.07 Å². The highest BCUT2D eigenvalue weighted by Gasteiger charge is 2.55. The van der Waals surface area contributed by atoms with Crippen LogP contribution >= 0.6 is 0 Å². The van der Waals surface area contributed by atoms with E-state index in [0.29, 0.717) is 5.92 Å². The van der Waals surface area contributed by atoms with Crippen LogP contribution in [-0.4, -0.2) is 41.3 Å². The minimum atomic E-state index is -0.241. The van der Waals surface area contributed by atoms with Gasteiger partial charge >= 0.3 is 5.97 Å². The Morgan fingerprint density at radius 1 is 1.72 bits per heavy atom. The van der Waals surface area contributed by atoms with Crippen LogP contribution in [0.15, 0.2) is 12.3 Å². The molecule has 5 heteroatoms. The van der Waals surface area contributed by atoms with Crippen LogP contribution in [0.1, 0.15) is 25.0 Å². The van der Waals surface area contributed by atoms with Crippen molar-refractivity contribution >= 4 is 5.97 Å². The number of carbonyl (C=O) groups is 1. The smallest absolute Gasteiger partial charge is 0.313 e. The molecule has 3 rings (SSSR count). The van der Waals surface area contributed by atoms with Gasteiger partial charge in [-0.05, 0) is 24.8 Å². The third-order valence-electron chi connectivity index (χ3n) is 4.49.